The van der Waals surface area contributed by atoms with Crippen LogP contribution in [0.5, 0.6) is 5.75 Å². The molecule has 19 heavy (non-hydrogen) atoms. The summed E-state index contributed by atoms with van der Waals surface area (Å²) in [5.74, 6) is 0.614. The minimum absolute atomic E-state index is 0.166. The van der Waals surface area contributed by atoms with Crippen molar-refractivity contribution < 1.29 is 14.6 Å². The Labute approximate surface area is 119 Å². The van der Waals surface area contributed by atoms with Gasteiger partial charge in [-0.15, -0.1) is 0 Å². The van der Waals surface area contributed by atoms with E-state index in [9.17, 15) is 5.11 Å². The molecule has 1 rings (SSSR count). The number of unbranched alkanes of at least 4 members (excludes halogenated alkanes) is 1. The quantitative estimate of drug-likeness (QED) is 0.684. The maximum absolute atomic E-state index is 9.73. The Morgan fingerprint density at radius 1 is 1.37 bits per heavy atom. The molecule has 1 aromatic carbocycles. The highest BCUT2D eigenvalue weighted by Gasteiger charge is 2.10. The Morgan fingerprint density at radius 2 is 2.16 bits per heavy atom. The van der Waals surface area contributed by atoms with Gasteiger partial charge >= 0.3 is 0 Å². The first-order chi connectivity index (χ1) is 9.19. The summed E-state index contributed by atoms with van der Waals surface area (Å²) in [6.07, 6.45) is 1.43. The van der Waals surface area contributed by atoms with Crippen molar-refractivity contribution in [2.75, 3.05) is 19.8 Å². The van der Waals surface area contributed by atoms with Crippen molar-refractivity contribution in [1.82, 2.24) is 0 Å². The first kappa shape index (κ1) is 16.2. The lowest BCUT2D eigenvalue weighted by Gasteiger charge is -2.15. The van der Waals surface area contributed by atoms with Crippen molar-refractivity contribution in [3.05, 3.63) is 28.8 Å². The predicted octanol–water partition coefficient (Wildman–Crippen LogP) is 2.36. The molecule has 3 N–H and O–H groups in total. The first-order valence-corrected chi connectivity index (χ1v) is 6.92. The number of nitrogens with two attached hydrogens (primary N) is 1. The van der Waals surface area contributed by atoms with Crippen LogP contribution in [0.2, 0.25) is 5.02 Å². The third-order valence-corrected chi connectivity index (χ3v) is 3.02. The minimum Gasteiger partial charge on any atom is -0.490 e. The van der Waals surface area contributed by atoms with Gasteiger partial charge in [0.1, 0.15) is 18.5 Å². The fraction of sp³-hybridized carbons (Fsp3) is 0.571. The van der Waals surface area contributed by atoms with Crippen molar-refractivity contribution in [2.45, 2.75) is 32.4 Å². The Hall–Kier alpha value is -0.810. The number of hydrogen-bond donors (Lipinski definition) is 2. The lowest BCUT2D eigenvalue weighted by atomic mass is 10.2. The number of ether oxygens (including phenoxy) is 2. The van der Waals surface area contributed by atoms with Crippen LogP contribution in [0, 0.1) is 0 Å². The Bertz CT molecular complexity index is 374. The predicted molar refractivity (Wildman–Crippen MR) is 76.6 cm³/mol. The topological polar surface area (TPSA) is 64.7 Å². The SMILES string of the molecule is CCCCOCC(O)COc1cccc(Cl)c1CN. The van der Waals surface area contributed by atoms with Gasteiger partial charge < -0.3 is 20.3 Å². The summed E-state index contributed by atoms with van der Waals surface area (Å²) in [5, 5.41) is 10.3. The molecule has 1 aromatic rings. The third-order valence-electron chi connectivity index (χ3n) is 2.66. The number of aliphatic hydroxyl groups excluding tert-OH is 1. The van der Waals surface area contributed by atoms with Gasteiger partial charge in [0.2, 0.25) is 0 Å². The van der Waals surface area contributed by atoms with Crippen LogP contribution in [-0.4, -0.2) is 31.0 Å². The molecule has 0 aromatic heterocycles. The molecule has 0 fully saturated rings. The molecule has 108 valence electrons. The van der Waals surface area contributed by atoms with Crippen LogP contribution in [0.25, 0.3) is 0 Å². The maximum Gasteiger partial charge on any atom is 0.125 e. The van der Waals surface area contributed by atoms with Crippen LogP contribution in [0.4, 0.5) is 0 Å². The number of benzene rings is 1. The monoisotopic (exact) mass is 287 g/mol. The molecule has 0 radical (unpaired) electrons. The molecule has 0 saturated heterocycles. The van der Waals surface area contributed by atoms with Crippen molar-refractivity contribution in [2.24, 2.45) is 5.73 Å². The van der Waals surface area contributed by atoms with E-state index in [1.54, 1.807) is 18.2 Å². The van der Waals surface area contributed by atoms with Gasteiger partial charge in [-0.25, -0.2) is 0 Å². The summed E-state index contributed by atoms with van der Waals surface area (Å²) < 4.78 is 10.9. The van der Waals surface area contributed by atoms with Gasteiger partial charge in [-0.1, -0.05) is 31.0 Å². The first-order valence-electron chi connectivity index (χ1n) is 6.55. The molecular formula is C14H22ClNO3. The molecule has 1 atom stereocenters. The normalized spacial score (nSPS) is 12.4. The molecule has 0 heterocycles. The molecule has 1 unspecified atom stereocenters. The minimum atomic E-state index is -0.651. The lowest BCUT2D eigenvalue weighted by Crippen LogP contribution is -2.24. The van der Waals surface area contributed by atoms with Crippen LogP contribution >= 0.6 is 11.6 Å². The van der Waals surface area contributed by atoms with Crippen molar-refractivity contribution in [1.29, 1.82) is 0 Å². The van der Waals surface area contributed by atoms with Gasteiger partial charge in [0.25, 0.3) is 0 Å². The number of hydrogen-bond acceptors (Lipinski definition) is 4. The Morgan fingerprint density at radius 3 is 2.84 bits per heavy atom. The van der Waals surface area contributed by atoms with Crippen LogP contribution in [-0.2, 0) is 11.3 Å². The average molecular weight is 288 g/mol. The summed E-state index contributed by atoms with van der Waals surface area (Å²) >= 11 is 6.02. The fourth-order valence-electron chi connectivity index (χ4n) is 1.57. The Kier molecular flexibility index (Phi) is 7.82. The van der Waals surface area contributed by atoms with Crippen molar-refractivity contribution >= 4 is 11.6 Å². The summed E-state index contributed by atoms with van der Waals surface area (Å²) in [7, 11) is 0. The molecule has 0 bridgehead atoms. The zero-order chi connectivity index (χ0) is 14.1. The Balaban J connectivity index is 2.37. The number of halogens is 1. The van der Waals surface area contributed by atoms with Crippen LogP contribution in [0.15, 0.2) is 18.2 Å². The lowest BCUT2D eigenvalue weighted by molar-refractivity contribution is 0.0111. The zero-order valence-electron chi connectivity index (χ0n) is 11.3. The molecule has 0 aliphatic rings. The smallest absolute Gasteiger partial charge is 0.125 e. The van der Waals surface area contributed by atoms with E-state index in [1.807, 2.05) is 0 Å². The van der Waals surface area contributed by atoms with E-state index >= 15 is 0 Å². The van der Waals surface area contributed by atoms with E-state index in [4.69, 9.17) is 26.8 Å². The van der Waals surface area contributed by atoms with E-state index in [1.165, 1.54) is 0 Å². The maximum atomic E-state index is 9.73. The standard InChI is InChI=1S/C14H22ClNO3/c1-2-3-7-18-9-11(17)10-19-14-6-4-5-13(15)12(14)8-16/h4-6,11,17H,2-3,7-10,16H2,1H3. The van der Waals surface area contributed by atoms with Gasteiger partial charge in [-0.05, 0) is 18.6 Å². The second-order valence-electron chi connectivity index (χ2n) is 4.31. The van der Waals surface area contributed by atoms with Crippen LogP contribution in [0.3, 0.4) is 0 Å². The van der Waals surface area contributed by atoms with Gasteiger partial charge in [0.05, 0.1) is 6.61 Å². The van der Waals surface area contributed by atoms with E-state index in [0.717, 1.165) is 18.4 Å². The summed E-state index contributed by atoms with van der Waals surface area (Å²) in [6, 6.07) is 5.35. The van der Waals surface area contributed by atoms with Gasteiger partial charge in [0, 0.05) is 23.7 Å². The number of rotatable bonds is 9. The van der Waals surface area contributed by atoms with E-state index in [2.05, 4.69) is 6.92 Å². The highest BCUT2D eigenvalue weighted by atomic mass is 35.5. The molecule has 0 spiro atoms. The highest BCUT2D eigenvalue weighted by molar-refractivity contribution is 6.31. The second-order valence-corrected chi connectivity index (χ2v) is 4.72. The number of aliphatic hydroxyl groups is 1. The largest absolute Gasteiger partial charge is 0.490 e. The highest BCUT2D eigenvalue weighted by Crippen LogP contribution is 2.25. The zero-order valence-corrected chi connectivity index (χ0v) is 12.0. The van der Waals surface area contributed by atoms with E-state index < -0.39 is 6.10 Å². The summed E-state index contributed by atoms with van der Waals surface area (Å²) in [6.45, 7) is 3.51. The third kappa shape index (κ3) is 5.78. The van der Waals surface area contributed by atoms with Gasteiger partial charge in [-0.3, -0.25) is 0 Å². The summed E-state index contributed by atoms with van der Waals surface area (Å²) in [5.41, 5.74) is 6.37. The van der Waals surface area contributed by atoms with E-state index in [-0.39, 0.29) is 13.2 Å². The molecule has 4 nitrogen and oxygen atoms in total. The van der Waals surface area contributed by atoms with Gasteiger partial charge in [0.15, 0.2) is 0 Å². The van der Waals surface area contributed by atoms with Gasteiger partial charge in [-0.2, -0.15) is 0 Å². The molecular weight excluding hydrogens is 266 g/mol. The van der Waals surface area contributed by atoms with Crippen LogP contribution in [0.1, 0.15) is 25.3 Å². The summed E-state index contributed by atoms with van der Waals surface area (Å²) in [4.78, 5) is 0. The average Bonchev–Trinajstić information content (AvgIpc) is 2.41. The van der Waals surface area contributed by atoms with Crippen molar-refractivity contribution in [3.63, 3.8) is 0 Å². The molecule has 0 saturated carbocycles. The van der Waals surface area contributed by atoms with E-state index in [0.29, 0.717) is 23.9 Å². The molecule has 0 aliphatic heterocycles. The van der Waals surface area contributed by atoms with Crippen molar-refractivity contribution in [3.8, 4) is 5.75 Å². The molecule has 5 heteroatoms. The second kappa shape index (κ2) is 9.15. The van der Waals surface area contributed by atoms with Crippen LogP contribution < -0.4 is 10.5 Å². The molecule has 0 aliphatic carbocycles. The fourth-order valence-corrected chi connectivity index (χ4v) is 1.82. The molecule has 0 amide bonds.